The monoisotopic (exact) mass is 251 g/mol. The van der Waals surface area contributed by atoms with E-state index in [1.807, 2.05) is 42.5 Å². The summed E-state index contributed by atoms with van der Waals surface area (Å²) in [5.74, 6) is 0.609. The number of carbonyl (C=O) groups excluding carboxylic acids is 1. The van der Waals surface area contributed by atoms with E-state index in [0.717, 1.165) is 17.4 Å². The molecule has 0 bridgehead atoms. The molecule has 1 aliphatic rings. The molecule has 94 valence electrons. The highest BCUT2D eigenvalue weighted by molar-refractivity contribution is 5.96. The van der Waals surface area contributed by atoms with Gasteiger partial charge in [-0.1, -0.05) is 42.5 Å². The van der Waals surface area contributed by atoms with Gasteiger partial charge in [0, 0.05) is 11.1 Å². The predicted molar refractivity (Wildman–Crippen MR) is 73.5 cm³/mol. The van der Waals surface area contributed by atoms with Gasteiger partial charge in [0.15, 0.2) is 0 Å². The normalized spacial score (nSPS) is 17.7. The van der Waals surface area contributed by atoms with Crippen LogP contribution in [-0.4, -0.2) is 18.8 Å². The molecule has 19 heavy (non-hydrogen) atoms. The van der Waals surface area contributed by atoms with Gasteiger partial charge in [0.25, 0.3) is 0 Å². The van der Waals surface area contributed by atoms with E-state index in [2.05, 4.69) is 4.99 Å². The highest BCUT2D eigenvalue weighted by atomic mass is 16.5. The average molecular weight is 251 g/mol. The summed E-state index contributed by atoms with van der Waals surface area (Å²) in [6.07, 6.45) is 0.827. The average Bonchev–Trinajstić information content (AvgIpc) is 2.98. The van der Waals surface area contributed by atoms with E-state index in [9.17, 15) is 4.79 Å². The summed E-state index contributed by atoms with van der Waals surface area (Å²) in [5, 5.41) is 0. The minimum absolute atomic E-state index is 0.0380. The second-order valence-corrected chi connectivity index (χ2v) is 4.42. The van der Waals surface area contributed by atoms with Crippen LogP contribution in [0.15, 0.2) is 59.6 Å². The first-order chi connectivity index (χ1) is 9.36. The van der Waals surface area contributed by atoms with Crippen LogP contribution in [0.1, 0.15) is 27.5 Å². The molecule has 0 amide bonds. The zero-order valence-corrected chi connectivity index (χ0v) is 10.3. The van der Waals surface area contributed by atoms with Gasteiger partial charge in [-0.25, -0.2) is 4.99 Å². The topological polar surface area (TPSA) is 38.7 Å². The molecule has 1 unspecified atom stereocenters. The van der Waals surface area contributed by atoms with Gasteiger partial charge in [-0.3, -0.25) is 4.79 Å². The molecule has 0 fully saturated rings. The van der Waals surface area contributed by atoms with Crippen molar-refractivity contribution in [2.75, 3.05) is 6.61 Å². The maximum absolute atomic E-state index is 10.8. The predicted octanol–water partition coefficient (Wildman–Crippen LogP) is 3.02. The van der Waals surface area contributed by atoms with Gasteiger partial charge in [0.1, 0.15) is 18.9 Å². The molecule has 0 saturated heterocycles. The fourth-order valence-corrected chi connectivity index (χ4v) is 2.12. The molecule has 0 saturated carbocycles. The number of ether oxygens (including phenoxy) is 1. The molecule has 0 radical (unpaired) electrons. The minimum atomic E-state index is 0.0380. The smallest absolute Gasteiger partial charge is 0.216 e. The Balaban J connectivity index is 1.88. The number of aliphatic imine (C=N–C) groups is 1. The summed E-state index contributed by atoms with van der Waals surface area (Å²) in [7, 11) is 0. The minimum Gasteiger partial charge on any atom is -0.475 e. The fraction of sp³-hybridized carbons (Fsp3) is 0.125. The largest absolute Gasteiger partial charge is 0.475 e. The van der Waals surface area contributed by atoms with Crippen LogP contribution in [0.2, 0.25) is 0 Å². The highest BCUT2D eigenvalue weighted by Crippen LogP contribution is 2.24. The lowest BCUT2D eigenvalue weighted by molar-refractivity contribution is 0.112. The van der Waals surface area contributed by atoms with Crippen LogP contribution < -0.4 is 0 Å². The van der Waals surface area contributed by atoms with E-state index in [4.69, 9.17) is 4.74 Å². The molecule has 1 heterocycles. The first-order valence-electron chi connectivity index (χ1n) is 6.18. The molecule has 2 aromatic carbocycles. The molecule has 3 rings (SSSR count). The Morgan fingerprint density at radius 3 is 2.74 bits per heavy atom. The van der Waals surface area contributed by atoms with Gasteiger partial charge in [-0.05, 0) is 17.7 Å². The summed E-state index contributed by atoms with van der Waals surface area (Å²) in [6, 6.07) is 17.4. The van der Waals surface area contributed by atoms with Crippen molar-refractivity contribution in [2.45, 2.75) is 6.04 Å². The Kier molecular flexibility index (Phi) is 3.11. The van der Waals surface area contributed by atoms with Gasteiger partial charge in [-0.15, -0.1) is 0 Å². The van der Waals surface area contributed by atoms with Crippen molar-refractivity contribution < 1.29 is 9.53 Å². The molecular weight excluding hydrogens is 238 g/mol. The van der Waals surface area contributed by atoms with E-state index in [1.165, 1.54) is 0 Å². The third kappa shape index (κ3) is 2.40. The second-order valence-electron chi connectivity index (χ2n) is 4.42. The van der Waals surface area contributed by atoms with Gasteiger partial charge in [0.05, 0.1) is 0 Å². The molecule has 0 aromatic heterocycles. The SMILES string of the molecule is O=Cc1cccc(C2=NC(c3ccccc3)CO2)c1. The van der Waals surface area contributed by atoms with Crippen molar-refractivity contribution in [3.8, 4) is 0 Å². The number of benzene rings is 2. The van der Waals surface area contributed by atoms with Crippen molar-refractivity contribution in [2.24, 2.45) is 4.99 Å². The van der Waals surface area contributed by atoms with Crippen LogP contribution in [-0.2, 0) is 4.74 Å². The van der Waals surface area contributed by atoms with Gasteiger partial charge in [-0.2, -0.15) is 0 Å². The summed E-state index contributed by atoms with van der Waals surface area (Å²) >= 11 is 0. The van der Waals surface area contributed by atoms with Crippen molar-refractivity contribution in [1.29, 1.82) is 0 Å². The van der Waals surface area contributed by atoms with E-state index in [0.29, 0.717) is 18.1 Å². The maximum atomic E-state index is 10.8. The number of aldehydes is 1. The van der Waals surface area contributed by atoms with Crippen LogP contribution in [0.4, 0.5) is 0 Å². The highest BCUT2D eigenvalue weighted by Gasteiger charge is 2.21. The zero-order valence-electron chi connectivity index (χ0n) is 10.3. The maximum Gasteiger partial charge on any atom is 0.216 e. The Morgan fingerprint density at radius 2 is 1.95 bits per heavy atom. The summed E-state index contributed by atoms with van der Waals surface area (Å²) in [6.45, 7) is 0.546. The summed E-state index contributed by atoms with van der Waals surface area (Å²) < 4.78 is 5.64. The summed E-state index contributed by atoms with van der Waals surface area (Å²) in [4.78, 5) is 15.4. The first-order valence-corrected chi connectivity index (χ1v) is 6.18. The number of hydrogen-bond acceptors (Lipinski definition) is 3. The molecular formula is C16H13NO2. The lowest BCUT2D eigenvalue weighted by atomic mass is 10.1. The molecule has 2 aromatic rings. The molecule has 1 aliphatic heterocycles. The van der Waals surface area contributed by atoms with E-state index < -0.39 is 0 Å². The second kappa shape index (κ2) is 5.06. The van der Waals surface area contributed by atoms with E-state index in [1.54, 1.807) is 12.1 Å². The molecule has 3 nitrogen and oxygen atoms in total. The van der Waals surface area contributed by atoms with E-state index >= 15 is 0 Å². The fourth-order valence-electron chi connectivity index (χ4n) is 2.12. The van der Waals surface area contributed by atoms with Gasteiger partial charge < -0.3 is 4.74 Å². The van der Waals surface area contributed by atoms with Crippen LogP contribution in [0, 0.1) is 0 Å². The molecule has 1 atom stereocenters. The quantitative estimate of drug-likeness (QED) is 0.786. The Morgan fingerprint density at radius 1 is 1.11 bits per heavy atom. The van der Waals surface area contributed by atoms with Crippen LogP contribution >= 0.6 is 0 Å². The Hall–Kier alpha value is -2.42. The molecule has 3 heteroatoms. The van der Waals surface area contributed by atoms with Crippen molar-refractivity contribution in [3.63, 3.8) is 0 Å². The lowest BCUT2D eigenvalue weighted by Crippen LogP contribution is -2.01. The molecule has 0 aliphatic carbocycles. The standard InChI is InChI=1S/C16H13NO2/c18-10-12-5-4-8-14(9-12)16-17-15(11-19-16)13-6-2-1-3-7-13/h1-10,15H,11H2. The summed E-state index contributed by atoms with van der Waals surface area (Å²) in [5.41, 5.74) is 2.62. The number of rotatable bonds is 3. The third-order valence-electron chi connectivity index (χ3n) is 3.11. The number of carbonyl (C=O) groups is 1. The van der Waals surface area contributed by atoms with Gasteiger partial charge in [0.2, 0.25) is 5.90 Å². The lowest BCUT2D eigenvalue weighted by Gasteiger charge is -2.03. The third-order valence-corrected chi connectivity index (χ3v) is 3.11. The van der Waals surface area contributed by atoms with Gasteiger partial charge >= 0.3 is 0 Å². The van der Waals surface area contributed by atoms with Crippen molar-refractivity contribution >= 4 is 12.2 Å². The zero-order chi connectivity index (χ0) is 13.1. The number of nitrogens with zero attached hydrogens (tertiary/aromatic N) is 1. The Bertz CT molecular complexity index is 620. The van der Waals surface area contributed by atoms with E-state index in [-0.39, 0.29) is 6.04 Å². The van der Waals surface area contributed by atoms with Crippen LogP contribution in [0.25, 0.3) is 0 Å². The number of hydrogen-bond donors (Lipinski definition) is 0. The van der Waals surface area contributed by atoms with Crippen molar-refractivity contribution in [1.82, 2.24) is 0 Å². The first kappa shape index (κ1) is 11.7. The van der Waals surface area contributed by atoms with Crippen LogP contribution in [0.5, 0.6) is 0 Å². The molecule has 0 N–H and O–H groups in total. The van der Waals surface area contributed by atoms with Crippen LogP contribution in [0.3, 0.4) is 0 Å². The Labute approximate surface area is 111 Å². The van der Waals surface area contributed by atoms with Crippen molar-refractivity contribution in [3.05, 3.63) is 71.3 Å². The molecule has 0 spiro atoms.